The van der Waals surface area contributed by atoms with Crippen molar-refractivity contribution in [1.29, 1.82) is 0 Å². The van der Waals surface area contributed by atoms with Crippen LogP contribution in [-0.2, 0) is 6.18 Å². The van der Waals surface area contributed by atoms with E-state index >= 15 is 0 Å². The summed E-state index contributed by atoms with van der Waals surface area (Å²) >= 11 is 0. The van der Waals surface area contributed by atoms with Gasteiger partial charge in [0.25, 0.3) is 0 Å². The standard InChI is InChI=1S/C24H29F7/c25-20-13-19(14-21(26)23(20)24(29,30)31)18-11-9-17(10-12-18)16-7-5-15(6-8-16)3-1-2-4-22(27)28/h1,3,13-18,22H,2,4-12H2/b3-1+/t15-,16-,17?,18?. The van der Waals surface area contributed by atoms with Gasteiger partial charge in [0, 0.05) is 6.42 Å². The van der Waals surface area contributed by atoms with Crippen LogP contribution >= 0.6 is 0 Å². The van der Waals surface area contributed by atoms with Crippen molar-refractivity contribution in [2.75, 3.05) is 0 Å². The summed E-state index contributed by atoms with van der Waals surface area (Å²) in [5.41, 5.74) is -1.50. The summed E-state index contributed by atoms with van der Waals surface area (Å²) in [6, 6.07) is 1.70. The molecule has 2 aliphatic carbocycles. The van der Waals surface area contributed by atoms with Gasteiger partial charge in [-0.15, -0.1) is 0 Å². The first kappa shape index (κ1) is 24.1. The van der Waals surface area contributed by atoms with Crippen molar-refractivity contribution in [3.8, 4) is 0 Å². The van der Waals surface area contributed by atoms with Crippen LogP contribution in [0.15, 0.2) is 24.3 Å². The monoisotopic (exact) mass is 450 g/mol. The van der Waals surface area contributed by atoms with Crippen molar-refractivity contribution >= 4 is 0 Å². The van der Waals surface area contributed by atoms with Crippen LogP contribution in [0.3, 0.4) is 0 Å². The Labute approximate surface area is 178 Å². The molecule has 3 rings (SSSR count). The highest BCUT2D eigenvalue weighted by Gasteiger charge is 2.39. The number of hydrogen-bond donors (Lipinski definition) is 0. The summed E-state index contributed by atoms with van der Waals surface area (Å²) in [5.74, 6) is -1.62. The van der Waals surface area contributed by atoms with E-state index in [1.165, 1.54) is 0 Å². The molecule has 31 heavy (non-hydrogen) atoms. The van der Waals surface area contributed by atoms with E-state index in [2.05, 4.69) is 6.08 Å². The summed E-state index contributed by atoms with van der Waals surface area (Å²) in [5, 5.41) is 0. The van der Waals surface area contributed by atoms with Crippen LogP contribution in [0, 0.1) is 29.4 Å². The highest BCUT2D eigenvalue weighted by molar-refractivity contribution is 5.30. The molecule has 174 valence electrons. The lowest BCUT2D eigenvalue weighted by Gasteiger charge is -2.37. The highest BCUT2D eigenvalue weighted by atomic mass is 19.4. The minimum atomic E-state index is -5.04. The van der Waals surface area contributed by atoms with Crippen molar-refractivity contribution < 1.29 is 30.7 Å². The number of benzene rings is 1. The van der Waals surface area contributed by atoms with E-state index in [1.807, 2.05) is 6.08 Å². The van der Waals surface area contributed by atoms with Crippen molar-refractivity contribution in [1.82, 2.24) is 0 Å². The molecule has 2 saturated carbocycles. The maximum atomic E-state index is 13.9. The first-order valence-electron chi connectivity index (χ1n) is 11.2. The van der Waals surface area contributed by atoms with E-state index in [1.54, 1.807) is 0 Å². The van der Waals surface area contributed by atoms with Gasteiger partial charge in [0.2, 0.25) is 6.43 Å². The van der Waals surface area contributed by atoms with Crippen molar-refractivity contribution in [2.45, 2.75) is 82.7 Å². The quantitative estimate of drug-likeness (QED) is 0.300. The fourth-order valence-electron chi connectivity index (χ4n) is 5.34. The molecule has 1 aromatic rings. The van der Waals surface area contributed by atoms with Crippen LogP contribution < -0.4 is 0 Å². The lowest BCUT2D eigenvalue weighted by Crippen LogP contribution is -2.25. The number of halogens is 7. The summed E-state index contributed by atoms with van der Waals surface area (Å²) < 4.78 is 90.5. The zero-order valence-electron chi connectivity index (χ0n) is 17.4. The van der Waals surface area contributed by atoms with Crippen LogP contribution in [0.5, 0.6) is 0 Å². The third kappa shape index (κ3) is 6.48. The molecular formula is C24H29F7. The SMILES string of the molecule is Fc1cc(C2CCC([C@H]3CC[C@H](/C=C/CCC(F)F)CC3)CC2)cc(F)c1C(F)(F)F. The molecule has 0 heterocycles. The van der Waals surface area contributed by atoms with Crippen molar-refractivity contribution in [2.24, 2.45) is 17.8 Å². The second-order valence-corrected chi connectivity index (χ2v) is 9.04. The number of alkyl halides is 5. The fourth-order valence-corrected chi connectivity index (χ4v) is 5.34. The largest absolute Gasteiger partial charge is 0.422 e. The Hall–Kier alpha value is -1.53. The lowest BCUT2D eigenvalue weighted by molar-refractivity contribution is -0.142. The van der Waals surface area contributed by atoms with Crippen LogP contribution in [0.25, 0.3) is 0 Å². The van der Waals surface area contributed by atoms with Gasteiger partial charge in [-0.25, -0.2) is 17.6 Å². The maximum absolute atomic E-state index is 13.9. The van der Waals surface area contributed by atoms with Gasteiger partial charge >= 0.3 is 6.18 Å². The first-order chi connectivity index (χ1) is 14.6. The van der Waals surface area contributed by atoms with Crippen LogP contribution in [0.2, 0.25) is 0 Å². The third-order valence-electron chi connectivity index (χ3n) is 7.03. The van der Waals surface area contributed by atoms with Crippen LogP contribution in [0.4, 0.5) is 30.7 Å². The Balaban J connectivity index is 1.48. The second kappa shape index (κ2) is 10.4. The van der Waals surface area contributed by atoms with Crippen LogP contribution in [0.1, 0.15) is 81.3 Å². The normalized spacial score (nSPS) is 27.9. The summed E-state index contributed by atoms with van der Waals surface area (Å²) in [4.78, 5) is 0. The zero-order chi connectivity index (χ0) is 22.6. The summed E-state index contributed by atoms with van der Waals surface area (Å²) in [6.07, 6.45) is 4.49. The average molecular weight is 450 g/mol. The van der Waals surface area contributed by atoms with E-state index in [4.69, 9.17) is 0 Å². The van der Waals surface area contributed by atoms with Gasteiger partial charge in [0.1, 0.15) is 17.2 Å². The Kier molecular flexibility index (Phi) is 8.08. The van der Waals surface area contributed by atoms with Gasteiger partial charge in [0.05, 0.1) is 0 Å². The van der Waals surface area contributed by atoms with E-state index < -0.39 is 29.8 Å². The second-order valence-electron chi connectivity index (χ2n) is 9.04. The Morgan fingerprint density at radius 2 is 1.35 bits per heavy atom. The molecule has 7 heteroatoms. The molecule has 0 spiro atoms. The Bertz CT molecular complexity index is 714. The van der Waals surface area contributed by atoms with Gasteiger partial charge in [0.15, 0.2) is 0 Å². The lowest BCUT2D eigenvalue weighted by atomic mass is 9.68. The third-order valence-corrected chi connectivity index (χ3v) is 7.03. The van der Waals surface area contributed by atoms with Gasteiger partial charge in [-0.1, -0.05) is 12.2 Å². The molecule has 0 amide bonds. The molecule has 2 fully saturated rings. The van der Waals surface area contributed by atoms with Gasteiger partial charge in [-0.3, -0.25) is 0 Å². The van der Waals surface area contributed by atoms with Gasteiger partial charge in [-0.2, -0.15) is 13.2 Å². The molecule has 0 N–H and O–H groups in total. The number of hydrogen-bond acceptors (Lipinski definition) is 0. The van der Waals surface area contributed by atoms with E-state index in [0.717, 1.165) is 63.5 Å². The smallest absolute Gasteiger partial charge is 0.211 e. The number of rotatable bonds is 6. The summed E-state index contributed by atoms with van der Waals surface area (Å²) in [6.45, 7) is 0. The molecule has 2 aliphatic rings. The molecule has 0 aromatic heterocycles. The van der Waals surface area contributed by atoms with Gasteiger partial charge in [-0.05, 0) is 99.2 Å². The average Bonchev–Trinajstić information content (AvgIpc) is 2.70. The molecular weight excluding hydrogens is 421 g/mol. The fraction of sp³-hybridized carbons (Fsp3) is 0.667. The van der Waals surface area contributed by atoms with E-state index in [9.17, 15) is 30.7 Å². The minimum absolute atomic E-state index is 0.0954. The molecule has 0 aliphatic heterocycles. The molecule has 1 aromatic carbocycles. The van der Waals surface area contributed by atoms with Gasteiger partial charge < -0.3 is 0 Å². The number of allylic oxidation sites excluding steroid dienone is 2. The van der Waals surface area contributed by atoms with E-state index in [-0.39, 0.29) is 12.3 Å². The van der Waals surface area contributed by atoms with Crippen molar-refractivity contribution in [3.63, 3.8) is 0 Å². The predicted octanol–water partition coefficient (Wildman–Crippen LogP) is 8.67. The topological polar surface area (TPSA) is 0 Å². The molecule has 0 saturated heterocycles. The van der Waals surface area contributed by atoms with Crippen molar-refractivity contribution in [3.05, 3.63) is 47.0 Å². The molecule has 0 unspecified atom stereocenters. The molecule has 0 bridgehead atoms. The van der Waals surface area contributed by atoms with Crippen LogP contribution in [-0.4, -0.2) is 6.43 Å². The van der Waals surface area contributed by atoms with E-state index in [0.29, 0.717) is 29.7 Å². The first-order valence-corrected chi connectivity index (χ1v) is 11.2. The Morgan fingerprint density at radius 3 is 1.84 bits per heavy atom. The summed E-state index contributed by atoms with van der Waals surface area (Å²) in [7, 11) is 0. The zero-order valence-corrected chi connectivity index (χ0v) is 17.4. The predicted molar refractivity (Wildman–Crippen MR) is 106 cm³/mol. The molecule has 0 nitrogen and oxygen atoms in total. The minimum Gasteiger partial charge on any atom is -0.211 e. The highest BCUT2D eigenvalue weighted by Crippen LogP contribution is 2.45. The molecule has 0 atom stereocenters. The Morgan fingerprint density at radius 1 is 0.839 bits per heavy atom. The molecule has 0 radical (unpaired) electrons. The maximum Gasteiger partial charge on any atom is 0.422 e.